The van der Waals surface area contributed by atoms with Gasteiger partial charge in [0.2, 0.25) is 0 Å². The van der Waals surface area contributed by atoms with Crippen LogP contribution in [0.3, 0.4) is 0 Å². The predicted octanol–water partition coefficient (Wildman–Crippen LogP) is 3.46. The lowest BCUT2D eigenvalue weighted by Gasteiger charge is -2.11. The molecule has 0 saturated carbocycles. The second kappa shape index (κ2) is 17.8. The average Bonchev–Trinajstić information content (AvgIpc) is 2.52. The fourth-order valence-corrected chi connectivity index (χ4v) is 6.42. The standard InChI is InChI=1S/C14H32O3P2S2/c1-2-18(12-15)6-3-8-20-10-5-11-21-9-4-7-19(13-16)14-17/h15-17H,2-14H2,1H3. The van der Waals surface area contributed by atoms with E-state index in [9.17, 15) is 0 Å². The lowest BCUT2D eigenvalue weighted by molar-refractivity contribution is 0.343. The molecule has 0 heterocycles. The van der Waals surface area contributed by atoms with Gasteiger partial charge in [-0.15, -0.1) is 0 Å². The zero-order chi connectivity index (χ0) is 15.8. The number of hydrogen-bond donors (Lipinski definition) is 3. The zero-order valence-electron chi connectivity index (χ0n) is 13.2. The quantitative estimate of drug-likeness (QED) is 0.285. The van der Waals surface area contributed by atoms with Crippen LogP contribution in [-0.4, -0.2) is 75.9 Å². The third-order valence-corrected chi connectivity index (χ3v) is 9.45. The van der Waals surface area contributed by atoms with Gasteiger partial charge in [0.05, 0.1) is 19.0 Å². The van der Waals surface area contributed by atoms with Gasteiger partial charge in [-0.05, 0) is 60.8 Å². The summed E-state index contributed by atoms with van der Waals surface area (Å²) >= 11 is 4.04. The second-order valence-corrected chi connectivity index (χ2v) is 12.3. The van der Waals surface area contributed by atoms with Crippen LogP contribution in [-0.2, 0) is 0 Å². The lowest BCUT2D eigenvalue weighted by atomic mass is 10.6. The summed E-state index contributed by atoms with van der Waals surface area (Å²) in [5.41, 5.74) is 0. The molecule has 0 aliphatic carbocycles. The van der Waals surface area contributed by atoms with E-state index >= 15 is 0 Å². The minimum Gasteiger partial charge on any atom is -0.392 e. The normalized spacial score (nSPS) is 13.0. The van der Waals surface area contributed by atoms with Crippen LogP contribution < -0.4 is 0 Å². The molecule has 0 aliphatic heterocycles. The van der Waals surface area contributed by atoms with Gasteiger partial charge < -0.3 is 15.3 Å². The van der Waals surface area contributed by atoms with Gasteiger partial charge in [0.1, 0.15) is 0 Å². The molecular formula is C14H32O3P2S2. The summed E-state index contributed by atoms with van der Waals surface area (Å²) in [6, 6.07) is 0. The van der Waals surface area contributed by atoms with Crippen molar-refractivity contribution >= 4 is 39.4 Å². The Balaban J connectivity index is 3.15. The van der Waals surface area contributed by atoms with Gasteiger partial charge in [-0.25, -0.2) is 0 Å². The zero-order valence-corrected chi connectivity index (χ0v) is 16.7. The molecule has 3 N–H and O–H groups in total. The molecular weight excluding hydrogens is 342 g/mol. The van der Waals surface area contributed by atoms with Gasteiger partial charge in [-0.3, -0.25) is 0 Å². The molecule has 1 atom stereocenters. The van der Waals surface area contributed by atoms with E-state index in [-0.39, 0.29) is 20.6 Å². The van der Waals surface area contributed by atoms with Crippen LogP contribution in [0.2, 0.25) is 0 Å². The first-order chi connectivity index (χ1) is 10.3. The molecule has 128 valence electrons. The van der Waals surface area contributed by atoms with E-state index in [0.29, 0.717) is 6.35 Å². The van der Waals surface area contributed by atoms with E-state index in [1.807, 2.05) is 23.5 Å². The van der Waals surface area contributed by atoms with E-state index in [0.717, 1.165) is 24.5 Å². The van der Waals surface area contributed by atoms with Gasteiger partial charge in [-0.2, -0.15) is 23.5 Å². The highest BCUT2D eigenvalue weighted by Gasteiger charge is 2.04. The topological polar surface area (TPSA) is 60.7 Å². The molecule has 0 spiro atoms. The van der Waals surface area contributed by atoms with E-state index in [1.54, 1.807) is 0 Å². The summed E-state index contributed by atoms with van der Waals surface area (Å²) < 4.78 is 0. The molecule has 0 amide bonds. The fraction of sp³-hybridized carbons (Fsp3) is 1.00. The van der Waals surface area contributed by atoms with Gasteiger partial charge >= 0.3 is 0 Å². The highest BCUT2D eigenvalue weighted by Crippen LogP contribution is 2.34. The van der Waals surface area contributed by atoms with Crippen molar-refractivity contribution in [2.24, 2.45) is 0 Å². The molecule has 0 aromatic rings. The van der Waals surface area contributed by atoms with E-state index in [2.05, 4.69) is 6.92 Å². The molecule has 0 aromatic heterocycles. The minimum atomic E-state index is -0.522. The summed E-state index contributed by atoms with van der Waals surface area (Å²) in [5, 5.41) is 27.1. The Morgan fingerprint density at radius 2 is 1.10 bits per heavy atom. The first-order valence-electron chi connectivity index (χ1n) is 7.71. The predicted molar refractivity (Wildman–Crippen MR) is 104 cm³/mol. The molecule has 7 heteroatoms. The summed E-state index contributed by atoms with van der Waals surface area (Å²) in [7, 11) is -0.617. The molecule has 1 unspecified atom stereocenters. The van der Waals surface area contributed by atoms with Crippen LogP contribution in [0.5, 0.6) is 0 Å². The van der Waals surface area contributed by atoms with Gasteiger partial charge in [0.25, 0.3) is 0 Å². The number of thioether (sulfide) groups is 2. The summed E-state index contributed by atoms with van der Waals surface area (Å²) in [6.07, 6.45) is 7.76. The smallest absolute Gasteiger partial charge is 0.0646 e. The molecule has 0 fully saturated rings. The van der Waals surface area contributed by atoms with Crippen LogP contribution in [0.4, 0.5) is 0 Å². The summed E-state index contributed by atoms with van der Waals surface area (Å²) in [4.78, 5) is 0. The Kier molecular flexibility index (Phi) is 19.0. The first kappa shape index (κ1) is 22.4. The Labute approximate surface area is 141 Å². The number of rotatable bonds is 16. The van der Waals surface area contributed by atoms with E-state index in [4.69, 9.17) is 15.3 Å². The molecule has 0 radical (unpaired) electrons. The number of aliphatic hydroxyl groups is 3. The molecule has 0 aliphatic rings. The Bertz CT molecular complexity index is 187. The van der Waals surface area contributed by atoms with Crippen LogP contribution in [0, 0.1) is 0 Å². The second-order valence-electron chi connectivity index (χ2n) is 4.81. The maximum Gasteiger partial charge on any atom is 0.0646 e. The third kappa shape index (κ3) is 14.7. The average molecular weight is 374 g/mol. The van der Waals surface area contributed by atoms with Crippen molar-refractivity contribution in [2.75, 3.05) is 60.5 Å². The molecule has 0 aromatic carbocycles. The van der Waals surface area contributed by atoms with Crippen LogP contribution in [0.25, 0.3) is 0 Å². The van der Waals surface area contributed by atoms with Crippen molar-refractivity contribution < 1.29 is 15.3 Å². The van der Waals surface area contributed by atoms with Gasteiger partial charge in [0.15, 0.2) is 0 Å². The molecule has 0 saturated heterocycles. The van der Waals surface area contributed by atoms with Crippen LogP contribution >= 0.6 is 39.4 Å². The number of hydrogen-bond acceptors (Lipinski definition) is 5. The van der Waals surface area contributed by atoms with E-state index in [1.165, 1.54) is 36.3 Å². The molecule has 21 heavy (non-hydrogen) atoms. The highest BCUT2D eigenvalue weighted by atomic mass is 32.2. The van der Waals surface area contributed by atoms with Crippen molar-refractivity contribution in [3.05, 3.63) is 0 Å². The Morgan fingerprint density at radius 1 is 0.667 bits per heavy atom. The van der Waals surface area contributed by atoms with Crippen molar-refractivity contribution in [2.45, 2.75) is 26.2 Å². The maximum absolute atomic E-state index is 9.13. The third-order valence-electron chi connectivity index (χ3n) is 3.15. The SMILES string of the molecule is CCP(CO)CCCSCCCSCCCP(CO)CO. The highest BCUT2D eigenvalue weighted by molar-refractivity contribution is 8.00. The van der Waals surface area contributed by atoms with Crippen LogP contribution in [0.1, 0.15) is 26.2 Å². The van der Waals surface area contributed by atoms with Crippen molar-refractivity contribution in [1.29, 1.82) is 0 Å². The number of aliphatic hydroxyl groups excluding tert-OH is 3. The van der Waals surface area contributed by atoms with Crippen LogP contribution in [0.15, 0.2) is 0 Å². The Hall–Kier alpha value is 1.44. The molecule has 3 nitrogen and oxygen atoms in total. The molecule has 0 bridgehead atoms. The monoisotopic (exact) mass is 374 g/mol. The minimum absolute atomic E-state index is 0.0953. The summed E-state index contributed by atoms with van der Waals surface area (Å²) in [5.74, 6) is 4.86. The lowest BCUT2D eigenvalue weighted by Crippen LogP contribution is -1.96. The van der Waals surface area contributed by atoms with Gasteiger partial charge in [-0.1, -0.05) is 22.8 Å². The van der Waals surface area contributed by atoms with Crippen molar-refractivity contribution in [3.63, 3.8) is 0 Å². The summed E-state index contributed by atoms with van der Waals surface area (Å²) in [6.45, 7) is 2.18. The maximum atomic E-state index is 9.13. The van der Waals surface area contributed by atoms with Gasteiger partial charge in [0, 0.05) is 0 Å². The molecule has 0 rings (SSSR count). The largest absolute Gasteiger partial charge is 0.392 e. The van der Waals surface area contributed by atoms with Crippen molar-refractivity contribution in [1.82, 2.24) is 0 Å². The fourth-order valence-electron chi connectivity index (χ4n) is 1.76. The van der Waals surface area contributed by atoms with Crippen molar-refractivity contribution in [3.8, 4) is 0 Å². The first-order valence-corrected chi connectivity index (χ1v) is 13.8. The van der Waals surface area contributed by atoms with E-state index < -0.39 is 7.92 Å². The Morgan fingerprint density at radius 3 is 1.52 bits per heavy atom.